The third kappa shape index (κ3) is 5.90. The molecule has 1 aromatic carbocycles. The number of aliphatic hydroxyl groups is 1. The minimum absolute atomic E-state index is 0.0494. The monoisotopic (exact) mass is 348 g/mol. The number of nitrogens with zero attached hydrogens (tertiary/aromatic N) is 2. The first-order valence-corrected chi connectivity index (χ1v) is 9.28. The molecule has 1 fully saturated rings. The number of para-hydroxylation sites is 2. The first-order valence-electron chi connectivity index (χ1n) is 9.28. The molecule has 0 saturated carbocycles. The van der Waals surface area contributed by atoms with E-state index in [-0.39, 0.29) is 18.7 Å². The number of hydrogen-bond acceptors (Lipinski definition) is 4. The minimum atomic E-state index is -0.264. The largest absolute Gasteiger partial charge is 0.394 e. The number of carbonyl (C=O) groups excluding carboxylic acids is 1. The third-order valence-corrected chi connectivity index (χ3v) is 4.62. The first kappa shape index (κ1) is 19.5. The Morgan fingerprint density at radius 2 is 1.88 bits per heavy atom. The highest BCUT2D eigenvalue weighted by atomic mass is 16.3. The molecule has 1 aliphatic heterocycles. The molecule has 25 heavy (non-hydrogen) atoms. The fourth-order valence-corrected chi connectivity index (χ4v) is 3.25. The van der Waals surface area contributed by atoms with Gasteiger partial charge in [0.15, 0.2) is 0 Å². The highest BCUT2D eigenvalue weighted by Crippen LogP contribution is 2.26. The van der Waals surface area contributed by atoms with Gasteiger partial charge in [0.05, 0.1) is 24.0 Å². The van der Waals surface area contributed by atoms with E-state index >= 15 is 0 Å². The lowest BCUT2D eigenvalue weighted by Gasteiger charge is -2.36. The summed E-state index contributed by atoms with van der Waals surface area (Å²) in [5.74, 6) is 0.416. The molecule has 0 bridgehead atoms. The fourth-order valence-electron chi connectivity index (χ4n) is 3.25. The average molecular weight is 348 g/mol. The van der Waals surface area contributed by atoms with E-state index in [1.807, 2.05) is 18.2 Å². The highest BCUT2D eigenvalue weighted by Gasteiger charge is 2.19. The van der Waals surface area contributed by atoms with E-state index in [1.54, 1.807) is 0 Å². The second-order valence-electron chi connectivity index (χ2n) is 7.05. The van der Waals surface area contributed by atoms with E-state index in [4.69, 9.17) is 0 Å². The van der Waals surface area contributed by atoms with Gasteiger partial charge in [-0.05, 0) is 31.0 Å². The molecule has 0 radical (unpaired) electrons. The molecular formula is C19H32N4O2. The Morgan fingerprint density at radius 3 is 2.48 bits per heavy atom. The number of nitrogens with one attached hydrogen (secondary N) is 2. The van der Waals surface area contributed by atoms with Crippen LogP contribution in [0.5, 0.6) is 0 Å². The average Bonchev–Trinajstić information content (AvgIpc) is 2.61. The molecule has 2 amide bonds. The molecule has 0 spiro atoms. The molecule has 6 heteroatoms. The molecule has 1 atom stereocenters. The van der Waals surface area contributed by atoms with E-state index in [0.29, 0.717) is 5.92 Å². The standard InChI is InChI=1S/C19H32N4O2/c1-4-22-9-11-23(12-10-22)18-8-6-5-7-17(18)21-19(25)20-16(14-24)13-15(2)3/h5-8,15-16,24H,4,9-14H2,1-3H3,(H2,20,21,25). The van der Waals surface area contributed by atoms with Gasteiger partial charge in [0, 0.05) is 26.2 Å². The van der Waals surface area contributed by atoms with Crippen LogP contribution in [0.25, 0.3) is 0 Å². The summed E-state index contributed by atoms with van der Waals surface area (Å²) >= 11 is 0. The van der Waals surface area contributed by atoms with Gasteiger partial charge in [0.1, 0.15) is 0 Å². The van der Waals surface area contributed by atoms with Gasteiger partial charge in [-0.15, -0.1) is 0 Å². The Kier molecular flexibility index (Phi) is 7.52. The smallest absolute Gasteiger partial charge is 0.319 e. The second kappa shape index (κ2) is 9.63. The predicted octanol–water partition coefficient (Wildman–Crippen LogP) is 2.36. The lowest BCUT2D eigenvalue weighted by atomic mass is 10.0. The van der Waals surface area contributed by atoms with E-state index in [0.717, 1.165) is 50.5 Å². The van der Waals surface area contributed by atoms with Gasteiger partial charge in [-0.2, -0.15) is 0 Å². The molecule has 1 aromatic rings. The van der Waals surface area contributed by atoms with Crippen molar-refractivity contribution in [3.05, 3.63) is 24.3 Å². The zero-order valence-electron chi connectivity index (χ0n) is 15.7. The molecule has 1 heterocycles. The summed E-state index contributed by atoms with van der Waals surface area (Å²) in [5.41, 5.74) is 1.86. The molecule has 140 valence electrons. The lowest BCUT2D eigenvalue weighted by Crippen LogP contribution is -2.46. The van der Waals surface area contributed by atoms with Crippen LogP contribution in [-0.4, -0.2) is 61.4 Å². The number of anilines is 2. The zero-order valence-corrected chi connectivity index (χ0v) is 15.7. The summed E-state index contributed by atoms with van der Waals surface area (Å²) in [6.45, 7) is 11.4. The van der Waals surface area contributed by atoms with Crippen LogP contribution in [0.15, 0.2) is 24.3 Å². The van der Waals surface area contributed by atoms with Crippen molar-refractivity contribution < 1.29 is 9.90 Å². The third-order valence-electron chi connectivity index (χ3n) is 4.62. The van der Waals surface area contributed by atoms with Crippen LogP contribution in [0.4, 0.5) is 16.2 Å². The van der Waals surface area contributed by atoms with Gasteiger partial charge in [0.25, 0.3) is 0 Å². The summed E-state index contributed by atoms with van der Waals surface area (Å²) in [5, 5.41) is 15.3. The van der Waals surface area contributed by atoms with Crippen molar-refractivity contribution in [2.75, 3.05) is 49.5 Å². The summed E-state index contributed by atoms with van der Waals surface area (Å²) in [4.78, 5) is 17.1. The van der Waals surface area contributed by atoms with E-state index < -0.39 is 0 Å². The van der Waals surface area contributed by atoms with Crippen molar-refractivity contribution in [2.24, 2.45) is 5.92 Å². The van der Waals surface area contributed by atoms with Crippen molar-refractivity contribution in [2.45, 2.75) is 33.2 Å². The van der Waals surface area contributed by atoms with Gasteiger partial charge in [-0.1, -0.05) is 32.9 Å². The Bertz CT molecular complexity index is 542. The number of aliphatic hydroxyl groups excluding tert-OH is 1. The SMILES string of the molecule is CCN1CCN(c2ccccc2NC(=O)NC(CO)CC(C)C)CC1. The van der Waals surface area contributed by atoms with Crippen molar-refractivity contribution in [1.29, 1.82) is 0 Å². The number of piperazine rings is 1. The van der Waals surface area contributed by atoms with Gasteiger partial charge < -0.3 is 25.5 Å². The van der Waals surface area contributed by atoms with Crippen LogP contribution in [-0.2, 0) is 0 Å². The van der Waals surface area contributed by atoms with Crippen molar-refractivity contribution in [3.63, 3.8) is 0 Å². The number of hydrogen-bond donors (Lipinski definition) is 3. The minimum Gasteiger partial charge on any atom is -0.394 e. The molecule has 0 aliphatic carbocycles. The molecule has 3 N–H and O–H groups in total. The summed E-state index contributed by atoms with van der Waals surface area (Å²) in [7, 11) is 0. The summed E-state index contributed by atoms with van der Waals surface area (Å²) in [6.07, 6.45) is 0.755. The quantitative estimate of drug-likeness (QED) is 0.708. The van der Waals surface area contributed by atoms with Crippen LogP contribution in [0.2, 0.25) is 0 Å². The van der Waals surface area contributed by atoms with Crippen LogP contribution < -0.4 is 15.5 Å². The lowest BCUT2D eigenvalue weighted by molar-refractivity contribution is 0.214. The maximum atomic E-state index is 12.3. The number of carbonyl (C=O) groups is 1. The van der Waals surface area contributed by atoms with Crippen LogP contribution in [0, 0.1) is 5.92 Å². The molecular weight excluding hydrogens is 316 g/mol. The topological polar surface area (TPSA) is 67.8 Å². The van der Waals surface area contributed by atoms with Gasteiger partial charge >= 0.3 is 6.03 Å². The molecule has 2 rings (SSSR count). The van der Waals surface area contributed by atoms with Crippen LogP contribution in [0.1, 0.15) is 27.2 Å². The van der Waals surface area contributed by atoms with Crippen molar-refractivity contribution in [3.8, 4) is 0 Å². The molecule has 6 nitrogen and oxygen atoms in total. The van der Waals surface area contributed by atoms with E-state index in [2.05, 4.69) is 47.3 Å². The van der Waals surface area contributed by atoms with Crippen molar-refractivity contribution >= 4 is 17.4 Å². The molecule has 0 aromatic heterocycles. The Balaban J connectivity index is 1.99. The van der Waals surface area contributed by atoms with E-state index in [1.165, 1.54) is 0 Å². The van der Waals surface area contributed by atoms with Gasteiger partial charge in [-0.3, -0.25) is 0 Å². The zero-order chi connectivity index (χ0) is 18.2. The van der Waals surface area contributed by atoms with E-state index in [9.17, 15) is 9.90 Å². The Hall–Kier alpha value is -1.79. The molecule has 1 unspecified atom stereocenters. The fraction of sp³-hybridized carbons (Fsp3) is 0.632. The molecule has 1 aliphatic rings. The highest BCUT2D eigenvalue weighted by molar-refractivity contribution is 5.93. The predicted molar refractivity (Wildman–Crippen MR) is 103 cm³/mol. The Morgan fingerprint density at radius 1 is 1.20 bits per heavy atom. The van der Waals surface area contributed by atoms with Crippen LogP contribution in [0.3, 0.4) is 0 Å². The maximum absolute atomic E-state index is 12.3. The number of rotatable bonds is 7. The number of urea groups is 1. The first-order chi connectivity index (χ1) is 12.0. The number of amides is 2. The Labute approximate surface area is 151 Å². The number of benzene rings is 1. The van der Waals surface area contributed by atoms with Crippen LogP contribution >= 0.6 is 0 Å². The maximum Gasteiger partial charge on any atom is 0.319 e. The number of likely N-dealkylation sites (N-methyl/N-ethyl adjacent to an activating group) is 1. The summed E-state index contributed by atoms with van der Waals surface area (Å²) in [6, 6.07) is 7.42. The summed E-state index contributed by atoms with van der Waals surface area (Å²) < 4.78 is 0. The van der Waals surface area contributed by atoms with Crippen molar-refractivity contribution in [1.82, 2.24) is 10.2 Å². The normalized spacial score (nSPS) is 16.8. The second-order valence-corrected chi connectivity index (χ2v) is 7.05. The van der Waals surface area contributed by atoms with Gasteiger partial charge in [0.2, 0.25) is 0 Å². The van der Waals surface area contributed by atoms with Gasteiger partial charge in [-0.25, -0.2) is 4.79 Å². The molecule has 1 saturated heterocycles.